The summed E-state index contributed by atoms with van der Waals surface area (Å²) in [5, 5.41) is 15.8. The summed E-state index contributed by atoms with van der Waals surface area (Å²) in [7, 11) is -3.65. The van der Waals surface area contributed by atoms with Crippen LogP contribution in [0.4, 0.5) is 11.4 Å². The molecular formula is C17H15ClN4O5S2. The number of carbonyl (C=O) groups excluding carboxylic acids is 1. The first kappa shape index (κ1) is 22.4. The van der Waals surface area contributed by atoms with E-state index in [1.807, 2.05) is 0 Å². The maximum absolute atomic E-state index is 12.2. The maximum atomic E-state index is 12.2. The van der Waals surface area contributed by atoms with Crippen LogP contribution in [0.3, 0.4) is 0 Å². The summed E-state index contributed by atoms with van der Waals surface area (Å²) in [6.45, 7) is 3.54. The molecule has 0 radical (unpaired) electrons. The Morgan fingerprint density at radius 3 is 2.48 bits per heavy atom. The average molecular weight is 455 g/mol. The van der Waals surface area contributed by atoms with Crippen LogP contribution in [0, 0.1) is 10.1 Å². The SMILES string of the molecule is C=CCNS(=O)(=O)c1ccc(NC(=S)NC(=O)c2ccc(Cl)c([N+](=O)[O-])c2)cc1. The molecule has 0 aromatic heterocycles. The fourth-order valence-corrected chi connectivity index (χ4v) is 3.50. The fourth-order valence-electron chi connectivity index (χ4n) is 2.10. The van der Waals surface area contributed by atoms with E-state index in [9.17, 15) is 23.3 Å². The molecule has 152 valence electrons. The summed E-state index contributed by atoms with van der Waals surface area (Å²) >= 11 is 10.8. The number of carbonyl (C=O) groups is 1. The number of benzene rings is 2. The monoisotopic (exact) mass is 454 g/mol. The molecule has 0 bridgehead atoms. The zero-order chi connectivity index (χ0) is 21.6. The summed E-state index contributed by atoms with van der Waals surface area (Å²) < 4.78 is 26.4. The molecule has 0 saturated carbocycles. The molecule has 2 aromatic rings. The quantitative estimate of drug-likeness (QED) is 0.254. The molecule has 0 fully saturated rings. The molecule has 0 spiro atoms. The summed E-state index contributed by atoms with van der Waals surface area (Å²) in [6.07, 6.45) is 1.42. The Bertz CT molecular complexity index is 1070. The van der Waals surface area contributed by atoms with Crippen LogP contribution in [0.2, 0.25) is 5.02 Å². The van der Waals surface area contributed by atoms with Gasteiger partial charge in [0.15, 0.2) is 5.11 Å². The van der Waals surface area contributed by atoms with Gasteiger partial charge in [-0.2, -0.15) is 0 Å². The zero-order valence-corrected chi connectivity index (χ0v) is 17.1. The van der Waals surface area contributed by atoms with E-state index in [2.05, 4.69) is 21.9 Å². The fraction of sp³-hybridized carbons (Fsp3) is 0.0588. The molecule has 3 N–H and O–H groups in total. The molecule has 0 aliphatic heterocycles. The van der Waals surface area contributed by atoms with E-state index in [1.54, 1.807) is 0 Å². The van der Waals surface area contributed by atoms with Crippen molar-refractivity contribution in [3.05, 3.63) is 75.8 Å². The standard InChI is InChI=1S/C17H15ClN4O5S2/c1-2-9-19-29(26,27)13-6-4-12(5-7-13)20-17(28)21-16(23)11-3-8-14(18)15(10-11)22(24)25/h2-8,10,19H,1,9H2,(H2,20,21,23,28). The topological polar surface area (TPSA) is 130 Å². The van der Waals surface area contributed by atoms with Crippen molar-refractivity contribution in [1.29, 1.82) is 0 Å². The first-order valence-corrected chi connectivity index (χ1v) is 10.2. The number of nitrogens with zero attached hydrogens (tertiary/aromatic N) is 1. The normalized spacial score (nSPS) is 10.8. The molecule has 29 heavy (non-hydrogen) atoms. The predicted molar refractivity (Wildman–Crippen MR) is 114 cm³/mol. The van der Waals surface area contributed by atoms with E-state index in [1.165, 1.54) is 42.5 Å². The van der Waals surface area contributed by atoms with Crippen LogP contribution in [-0.2, 0) is 10.0 Å². The second-order valence-corrected chi connectivity index (χ2v) is 8.08. The number of halogens is 1. The van der Waals surface area contributed by atoms with E-state index < -0.39 is 26.5 Å². The van der Waals surface area contributed by atoms with Crippen molar-refractivity contribution in [3.8, 4) is 0 Å². The Morgan fingerprint density at radius 2 is 1.90 bits per heavy atom. The van der Waals surface area contributed by atoms with Crippen LogP contribution in [0.15, 0.2) is 60.0 Å². The van der Waals surface area contributed by atoms with Gasteiger partial charge in [-0.25, -0.2) is 13.1 Å². The molecule has 0 aliphatic rings. The minimum Gasteiger partial charge on any atom is -0.332 e. The molecule has 12 heteroatoms. The van der Waals surface area contributed by atoms with Crippen LogP contribution in [0.5, 0.6) is 0 Å². The highest BCUT2D eigenvalue weighted by atomic mass is 35.5. The second kappa shape index (κ2) is 9.56. The van der Waals surface area contributed by atoms with Gasteiger partial charge in [-0.05, 0) is 48.6 Å². The first-order chi connectivity index (χ1) is 13.6. The number of nitrogens with one attached hydrogen (secondary N) is 3. The number of hydrogen-bond donors (Lipinski definition) is 3. The van der Waals surface area contributed by atoms with Crippen molar-refractivity contribution < 1.29 is 18.1 Å². The van der Waals surface area contributed by atoms with Crippen molar-refractivity contribution in [3.63, 3.8) is 0 Å². The molecule has 0 aliphatic carbocycles. The summed E-state index contributed by atoms with van der Waals surface area (Å²) in [6, 6.07) is 9.26. The van der Waals surface area contributed by atoms with Gasteiger partial charge in [0.2, 0.25) is 10.0 Å². The molecule has 2 aromatic carbocycles. The van der Waals surface area contributed by atoms with Crippen molar-refractivity contribution in [1.82, 2.24) is 10.0 Å². The lowest BCUT2D eigenvalue weighted by atomic mass is 10.2. The largest absolute Gasteiger partial charge is 0.332 e. The van der Waals surface area contributed by atoms with Crippen molar-refractivity contribution in [2.45, 2.75) is 4.90 Å². The Morgan fingerprint density at radius 1 is 1.24 bits per heavy atom. The van der Waals surface area contributed by atoms with Crippen molar-refractivity contribution in [2.75, 3.05) is 11.9 Å². The van der Waals surface area contributed by atoms with Gasteiger partial charge in [0, 0.05) is 23.9 Å². The molecule has 0 saturated heterocycles. The lowest BCUT2D eigenvalue weighted by molar-refractivity contribution is -0.384. The second-order valence-electron chi connectivity index (χ2n) is 5.50. The van der Waals surface area contributed by atoms with Gasteiger partial charge in [-0.15, -0.1) is 6.58 Å². The van der Waals surface area contributed by atoms with E-state index in [-0.39, 0.29) is 27.1 Å². The summed E-state index contributed by atoms with van der Waals surface area (Å²) in [4.78, 5) is 22.5. The Kier molecular flexibility index (Phi) is 7.40. The number of hydrogen-bond acceptors (Lipinski definition) is 6. The Hall–Kier alpha value is -2.86. The zero-order valence-electron chi connectivity index (χ0n) is 14.7. The van der Waals surface area contributed by atoms with E-state index in [4.69, 9.17) is 23.8 Å². The number of thiocarbonyl (C=S) groups is 1. The van der Waals surface area contributed by atoms with E-state index >= 15 is 0 Å². The van der Waals surface area contributed by atoms with Gasteiger partial charge >= 0.3 is 0 Å². The van der Waals surface area contributed by atoms with Crippen LogP contribution in [0.25, 0.3) is 0 Å². The van der Waals surface area contributed by atoms with Gasteiger partial charge in [0.25, 0.3) is 11.6 Å². The highest BCUT2D eigenvalue weighted by Crippen LogP contribution is 2.25. The van der Waals surface area contributed by atoms with Crippen LogP contribution in [0.1, 0.15) is 10.4 Å². The smallest absolute Gasteiger partial charge is 0.288 e. The molecule has 2 rings (SSSR count). The maximum Gasteiger partial charge on any atom is 0.288 e. The van der Waals surface area contributed by atoms with Crippen molar-refractivity contribution >= 4 is 56.2 Å². The van der Waals surface area contributed by atoms with Gasteiger partial charge < -0.3 is 5.32 Å². The third-order valence-electron chi connectivity index (χ3n) is 3.47. The van der Waals surface area contributed by atoms with Gasteiger partial charge in [-0.1, -0.05) is 17.7 Å². The van der Waals surface area contributed by atoms with E-state index in [0.717, 1.165) is 6.07 Å². The van der Waals surface area contributed by atoms with E-state index in [0.29, 0.717) is 5.69 Å². The molecule has 0 heterocycles. The molecular weight excluding hydrogens is 440 g/mol. The lowest BCUT2D eigenvalue weighted by Crippen LogP contribution is -2.34. The number of anilines is 1. The molecule has 9 nitrogen and oxygen atoms in total. The number of nitro benzene ring substituents is 1. The summed E-state index contributed by atoms with van der Waals surface area (Å²) in [5.74, 6) is -0.671. The molecule has 0 atom stereocenters. The third kappa shape index (κ3) is 6.06. The first-order valence-electron chi connectivity index (χ1n) is 7.91. The third-order valence-corrected chi connectivity index (χ3v) is 5.44. The Balaban J connectivity index is 2.04. The highest BCUT2D eigenvalue weighted by Gasteiger charge is 2.17. The van der Waals surface area contributed by atoms with Crippen LogP contribution < -0.4 is 15.4 Å². The molecule has 1 amide bonds. The Labute approximate surface area is 177 Å². The van der Waals surface area contributed by atoms with Gasteiger partial charge in [0.05, 0.1) is 9.82 Å². The predicted octanol–water partition coefficient (Wildman–Crippen LogP) is 2.84. The lowest BCUT2D eigenvalue weighted by Gasteiger charge is -2.11. The number of sulfonamides is 1. The minimum absolute atomic E-state index is 0.0000145. The number of amides is 1. The van der Waals surface area contributed by atoms with Gasteiger partial charge in [0.1, 0.15) is 5.02 Å². The van der Waals surface area contributed by atoms with Crippen molar-refractivity contribution in [2.24, 2.45) is 0 Å². The molecule has 0 unspecified atom stereocenters. The van der Waals surface area contributed by atoms with Gasteiger partial charge in [-0.3, -0.25) is 20.2 Å². The van der Waals surface area contributed by atoms with Crippen LogP contribution >= 0.6 is 23.8 Å². The number of nitro groups is 1. The van der Waals surface area contributed by atoms with Crippen LogP contribution in [-0.4, -0.2) is 30.9 Å². The minimum atomic E-state index is -3.65. The highest BCUT2D eigenvalue weighted by molar-refractivity contribution is 7.89. The average Bonchev–Trinajstić information content (AvgIpc) is 2.66. The summed E-state index contributed by atoms with van der Waals surface area (Å²) in [5.41, 5.74) is 0.0279. The number of rotatable bonds is 7.